The largest absolute Gasteiger partial charge is 0.504 e. The number of hydrogen-bond donors (Lipinski definition) is 9. The highest BCUT2D eigenvalue weighted by Crippen LogP contribution is 2.43. The SMILES string of the molecule is COc1cc(O[C@@H]2O[C@H](CO)[C@@H](O[C@@H]3O[C@H](C)[C@H](O)[C@H](O)[C@H]3O)[C@H](O)[C@H]2O)cc2c1C(=O)/C(=C/c1cc(O)c(O)c(O)c1)O2. The number of carbonyl (C=O) groups is 1. The maximum atomic E-state index is 13.1. The minimum Gasteiger partial charge on any atom is -0.504 e. The van der Waals surface area contributed by atoms with Gasteiger partial charge in [-0.15, -0.1) is 0 Å². The number of hydrogen-bond acceptors (Lipinski definition) is 16. The highest BCUT2D eigenvalue weighted by Gasteiger charge is 2.50. The molecule has 0 unspecified atom stereocenters. The van der Waals surface area contributed by atoms with Gasteiger partial charge in [-0.1, -0.05) is 0 Å². The van der Waals surface area contributed by atoms with Gasteiger partial charge in [0.2, 0.25) is 12.1 Å². The summed E-state index contributed by atoms with van der Waals surface area (Å²) < 4.78 is 33.4. The number of fused-ring (bicyclic) bond motifs is 1. The van der Waals surface area contributed by atoms with Gasteiger partial charge in [-0.05, 0) is 30.7 Å². The molecular weight excluding hydrogens is 592 g/mol. The topological polar surface area (TPSA) is 255 Å². The van der Waals surface area contributed by atoms with Crippen LogP contribution in [-0.4, -0.2) is 127 Å². The number of phenolic OH excluding ortho intramolecular Hbond substituents is 3. The molecule has 44 heavy (non-hydrogen) atoms. The van der Waals surface area contributed by atoms with E-state index in [1.54, 1.807) is 0 Å². The fourth-order valence-corrected chi connectivity index (χ4v) is 5.08. The number of aliphatic hydroxyl groups is 6. The predicted octanol–water partition coefficient (Wildman–Crippen LogP) is -1.54. The Hall–Kier alpha value is -3.71. The lowest BCUT2D eigenvalue weighted by Gasteiger charge is -2.45. The van der Waals surface area contributed by atoms with Crippen molar-refractivity contribution in [3.8, 4) is 34.5 Å². The third-order valence-electron chi connectivity index (χ3n) is 7.49. The Balaban J connectivity index is 1.34. The van der Waals surface area contributed by atoms with Gasteiger partial charge < -0.3 is 74.4 Å². The summed E-state index contributed by atoms with van der Waals surface area (Å²) in [6, 6.07) is 4.77. The molecule has 9 N–H and O–H groups in total. The zero-order valence-corrected chi connectivity index (χ0v) is 23.3. The van der Waals surface area contributed by atoms with E-state index in [1.165, 1.54) is 32.2 Å². The van der Waals surface area contributed by atoms with Crippen LogP contribution >= 0.6 is 0 Å². The number of benzene rings is 2. The van der Waals surface area contributed by atoms with Crippen LogP contribution in [-0.2, 0) is 14.2 Å². The molecule has 0 aliphatic carbocycles. The second-order valence-corrected chi connectivity index (χ2v) is 10.5. The molecule has 240 valence electrons. The Morgan fingerprint density at radius 2 is 1.52 bits per heavy atom. The lowest BCUT2D eigenvalue weighted by Crippen LogP contribution is -2.64. The van der Waals surface area contributed by atoms with Gasteiger partial charge in [-0.25, -0.2) is 0 Å². The first kappa shape index (κ1) is 31.7. The van der Waals surface area contributed by atoms with Crippen LogP contribution in [0.25, 0.3) is 6.08 Å². The van der Waals surface area contributed by atoms with E-state index in [9.17, 15) is 50.8 Å². The molecule has 16 heteroatoms. The average molecular weight is 625 g/mol. The van der Waals surface area contributed by atoms with Crippen LogP contribution in [0, 0.1) is 0 Å². The number of rotatable bonds is 7. The van der Waals surface area contributed by atoms with Gasteiger partial charge in [-0.2, -0.15) is 0 Å². The Bertz CT molecular complexity index is 1400. The number of methoxy groups -OCH3 is 1. The van der Waals surface area contributed by atoms with Crippen molar-refractivity contribution in [2.75, 3.05) is 13.7 Å². The number of aliphatic hydroxyl groups excluding tert-OH is 6. The molecule has 3 aliphatic rings. The Morgan fingerprint density at radius 1 is 0.864 bits per heavy atom. The lowest BCUT2D eigenvalue weighted by atomic mass is 9.97. The fourth-order valence-electron chi connectivity index (χ4n) is 5.08. The van der Waals surface area contributed by atoms with Crippen molar-refractivity contribution in [3.05, 3.63) is 41.2 Å². The Labute approximate surface area is 249 Å². The number of ether oxygens (including phenoxy) is 6. The van der Waals surface area contributed by atoms with Gasteiger partial charge in [0.25, 0.3) is 0 Å². The number of Topliss-reactive ketones (excluding diaryl/α,β-unsaturated/α-hetero) is 1. The molecule has 0 spiro atoms. The zero-order chi connectivity index (χ0) is 32.0. The van der Waals surface area contributed by atoms with E-state index >= 15 is 0 Å². The van der Waals surface area contributed by atoms with Crippen molar-refractivity contribution in [1.82, 2.24) is 0 Å². The summed E-state index contributed by atoms with van der Waals surface area (Å²) in [6.07, 6.45) is -14.0. The molecule has 3 heterocycles. The van der Waals surface area contributed by atoms with E-state index in [1.807, 2.05) is 0 Å². The van der Waals surface area contributed by atoms with Crippen LogP contribution in [0.5, 0.6) is 34.5 Å². The van der Waals surface area contributed by atoms with Gasteiger partial charge in [0.15, 0.2) is 29.3 Å². The highest BCUT2D eigenvalue weighted by atomic mass is 16.7. The molecule has 0 radical (unpaired) electrons. The number of allylic oxidation sites excluding steroid dienone is 1. The maximum absolute atomic E-state index is 13.1. The summed E-state index contributed by atoms with van der Waals surface area (Å²) >= 11 is 0. The fraction of sp³-hybridized carbons (Fsp3) is 0.464. The number of carbonyl (C=O) groups excluding carboxylic acids is 1. The summed E-state index contributed by atoms with van der Waals surface area (Å²) in [5.41, 5.74) is 0.146. The lowest BCUT2D eigenvalue weighted by molar-refractivity contribution is -0.349. The molecule has 0 bridgehead atoms. The van der Waals surface area contributed by atoms with Crippen molar-refractivity contribution in [1.29, 1.82) is 0 Å². The molecule has 5 rings (SSSR count). The van der Waals surface area contributed by atoms with E-state index in [-0.39, 0.29) is 34.1 Å². The smallest absolute Gasteiger partial charge is 0.235 e. The first-order valence-electron chi connectivity index (χ1n) is 13.4. The van der Waals surface area contributed by atoms with E-state index in [0.29, 0.717) is 0 Å². The molecular formula is C28H32O16. The van der Waals surface area contributed by atoms with Crippen molar-refractivity contribution >= 4 is 11.9 Å². The van der Waals surface area contributed by atoms with Crippen LogP contribution in [0.15, 0.2) is 30.0 Å². The second-order valence-electron chi connectivity index (χ2n) is 10.5. The standard InChI is InChI=1S/C28H32O16/c1-9-19(32)22(35)24(37)27(40-9)44-26-17(8-29)43-28(25(38)23(26)36)41-11-6-14(39-2)18-15(7-11)42-16(21(18)34)5-10-3-12(30)20(33)13(31)4-10/h3-7,9,17,19,22-33,35-38H,8H2,1-2H3/b16-5-/t9-,17-,19+,22+,23-,24-,25-,26-,27+,28-/m1/s1. The van der Waals surface area contributed by atoms with Gasteiger partial charge in [-0.3, -0.25) is 4.79 Å². The molecule has 2 saturated heterocycles. The molecule has 0 aromatic heterocycles. The molecule has 16 nitrogen and oxygen atoms in total. The predicted molar refractivity (Wildman–Crippen MR) is 143 cm³/mol. The van der Waals surface area contributed by atoms with Crippen LogP contribution in [0.4, 0.5) is 0 Å². The minimum atomic E-state index is -1.79. The van der Waals surface area contributed by atoms with Crippen molar-refractivity contribution in [2.45, 2.75) is 68.3 Å². The quantitative estimate of drug-likeness (QED) is 0.125. The average Bonchev–Trinajstić information content (AvgIpc) is 3.30. The van der Waals surface area contributed by atoms with E-state index in [4.69, 9.17) is 28.4 Å². The normalized spacial score (nSPS) is 34.5. The van der Waals surface area contributed by atoms with Crippen molar-refractivity contribution < 1.29 is 79.2 Å². The molecule has 3 aliphatic heterocycles. The molecule has 0 amide bonds. The van der Waals surface area contributed by atoms with Crippen LogP contribution in [0.1, 0.15) is 22.8 Å². The first-order chi connectivity index (χ1) is 20.8. The molecule has 10 atom stereocenters. The second kappa shape index (κ2) is 12.4. The van der Waals surface area contributed by atoms with Gasteiger partial charge in [0.05, 0.1) is 19.8 Å². The summed E-state index contributed by atoms with van der Waals surface area (Å²) in [4.78, 5) is 13.1. The van der Waals surface area contributed by atoms with E-state index < -0.39 is 91.1 Å². The number of phenols is 3. The van der Waals surface area contributed by atoms with Crippen molar-refractivity contribution in [2.24, 2.45) is 0 Å². The monoisotopic (exact) mass is 624 g/mol. The molecule has 2 fully saturated rings. The third-order valence-corrected chi connectivity index (χ3v) is 7.49. The van der Waals surface area contributed by atoms with Crippen LogP contribution in [0.3, 0.4) is 0 Å². The molecule has 2 aromatic rings. The maximum Gasteiger partial charge on any atom is 0.235 e. The van der Waals surface area contributed by atoms with Gasteiger partial charge in [0.1, 0.15) is 65.5 Å². The summed E-state index contributed by atoms with van der Waals surface area (Å²) in [5.74, 6) is -2.86. The van der Waals surface area contributed by atoms with E-state index in [0.717, 1.165) is 12.1 Å². The zero-order valence-electron chi connectivity index (χ0n) is 23.3. The van der Waals surface area contributed by atoms with Crippen LogP contribution in [0.2, 0.25) is 0 Å². The van der Waals surface area contributed by atoms with Gasteiger partial charge in [0, 0.05) is 12.1 Å². The highest BCUT2D eigenvalue weighted by molar-refractivity contribution is 6.16. The Kier molecular flexibility index (Phi) is 8.90. The summed E-state index contributed by atoms with van der Waals surface area (Å²) in [6.45, 7) is 0.690. The van der Waals surface area contributed by atoms with Crippen molar-refractivity contribution in [3.63, 3.8) is 0 Å². The molecule has 0 saturated carbocycles. The Morgan fingerprint density at radius 3 is 2.16 bits per heavy atom. The van der Waals surface area contributed by atoms with E-state index in [2.05, 4.69) is 0 Å². The number of aromatic hydroxyl groups is 3. The third kappa shape index (κ3) is 5.74. The molecule has 2 aromatic carbocycles. The number of ketones is 1. The minimum absolute atomic E-state index is 0.00589. The first-order valence-corrected chi connectivity index (χ1v) is 13.4. The van der Waals surface area contributed by atoms with Crippen LogP contribution < -0.4 is 14.2 Å². The van der Waals surface area contributed by atoms with Gasteiger partial charge >= 0.3 is 0 Å². The summed E-state index contributed by atoms with van der Waals surface area (Å²) in [7, 11) is 1.28. The summed E-state index contributed by atoms with van der Waals surface area (Å²) in [5, 5.41) is 91.0.